The van der Waals surface area contributed by atoms with Crippen molar-refractivity contribution < 1.29 is 4.79 Å². The van der Waals surface area contributed by atoms with Gasteiger partial charge in [-0.15, -0.1) is 0 Å². The highest BCUT2D eigenvalue weighted by atomic mass is 35.5. The van der Waals surface area contributed by atoms with Crippen LogP contribution in [-0.2, 0) is 4.79 Å². The third-order valence-corrected chi connectivity index (χ3v) is 3.10. The zero-order valence-electron chi connectivity index (χ0n) is 11.2. The molecule has 0 aliphatic carbocycles. The summed E-state index contributed by atoms with van der Waals surface area (Å²) in [6, 6.07) is 0. The van der Waals surface area contributed by atoms with Crippen LogP contribution in [0, 0.1) is 0 Å². The number of hydrogen-bond donors (Lipinski definition) is 0. The highest BCUT2D eigenvalue weighted by Gasteiger charge is 1.92. The molecule has 0 heterocycles. The molecule has 0 aromatic rings. The van der Waals surface area contributed by atoms with E-state index in [4.69, 9.17) is 11.6 Å². The van der Waals surface area contributed by atoms with Gasteiger partial charge in [-0.05, 0) is 30.5 Å². The Kier molecular flexibility index (Phi) is 13.5. The molecule has 0 fully saturated rings. The van der Waals surface area contributed by atoms with Gasteiger partial charge in [0.05, 0.1) is 0 Å². The second kappa shape index (κ2) is 13.8. The maximum absolute atomic E-state index is 10.4. The van der Waals surface area contributed by atoms with Crippen LogP contribution in [0.1, 0.15) is 77.6 Å². The average molecular weight is 259 g/mol. The van der Waals surface area contributed by atoms with Crippen LogP contribution >= 0.6 is 11.6 Å². The zero-order chi connectivity index (χ0) is 12.8. The average Bonchev–Trinajstić information content (AvgIpc) is 2.30. The summed E-state index contributed by atoms with van der Waals surface area (Å²) in [4.78, 5) is 10.4. The van der Waals surface area contributed by atoms with Gasteiger partial charge in [-0.25, -0.2) is 0 Å². The lowest BCUT2D eigenvalue weighted by Crippen LogP contribution is -1.81. The van der Waals surface area contributed by atoms with E-state index in [9.17, 15) is 4.79 Å². The Balaban J connectivity index is 3.01. The molecule has 0 saturated heterocycles. The lowest BCUT2D eigenvalue weighted by molar-refractivity contribution is -0.107. The van der Waals surface area contributed by atoms with Gasteiger partial charge >= 0.3 is 0 Å². The molecule has 0 aliphatic rings. The fourth-order valence-corrected chi connectivity index (χ4v) is 2.01. The van der Waals surface area contributed by atoms with Crippen LogP contribution in [0.5, 0.6) is 0 Å². The van der Waals surface area contributed by atoms with Crippen LogP contribution in [0.25, 0.3) is 0 Å². The van der Waals surface area contributed by atoms with E-state index >= 15 is 0 Å². The van der Waals surface area contributed by atoms with E-state index in [1.807, 2.05) is 6.08 Å². The smallest absolute Gasteiger partial charge is 0.244 e. The monoisotopic (exact) mass is 258 g/mol. The minimum Gasteiger partial charge on any atom is -0.276 e. The van der Waals surface area contributed by atoms with Crippen LogP contribution < -0.4 is 0 Å². The highest BCUT2D eigenvalue weighted by molar-refractivity contribution is 6.66. The Morgan fingerprint density at radius 2 is 1.35 bits per heavy atom. The highest BCUT2D eigenvalue weighted by Crippen LogP contribution is 2.11. The van der Waals surface area contributed by atoms with Gasteiger partial charge in [-0.2, -0.15) is 0 Å². The summed E-state index contributed by atoms with van der Waals surface area (Å²) >= 11 is 5.19. The van der Waals surface area contributed by atoms with Crippen molar-refractivity contribution in [2.24, 2.45) is 0 Å². The van der Waals surface area contributed by atoms with E-state index in [0.29, 0.717) is 0 Å². The maximum atomic E-state index is 10.4. The summed E-state index contributed by atoms with van der Waals surface area (Å²) in [6.07, 6.45) is 17.8. The van der Waals surface area contributed by atoms with E-state index in [0.717, 1.165) is 6.42 Å². The molecule has 0 rings (SSSR count). The largest absolute Gasteiger partial charge is 0.276 e. The number of hydrogen-bond acceptors (Lipinski definition) is 1. The molecule has 0 aromatic carbocycles. The molecule has 0 aliphatic heterocycles. The quantitative estimate of drug-likeness (QED) is 0.252. The number of rotatable bonds is 12. The van der Waals surface area contributed by atoms with Gasteiger partial charge in [0.2, 0.25) is 5.24 Å². The van der Waals surface area contributed by atoms with Crippen molar-refractivity contribution in [2.75, 3.05) is 0 Å². The Hall–Kier alpha value is -0.300. The van der Waals surface area contributed by atoms with E-state index in [1.165, 1.54) is 70.3 Å². The number of unbranched alkanes of at least 4 members (excludes halogenated alkanes) is 10. The second-order valence-corrected chi connectivity index (χ2v) is 5.05. The van der Waals surface area contributed by atoms with E-state index in [2.05, 4.69) is 6.92 Å². The molecule has 0 unspecified atom stereocenters. The molecule has 100 valence electrons. The van der Waals surface area contributed by atoms with Crippen molar-refractivity contribution in [3.05, 3.63) is 12.2 Å². The lowest BCUT2D eigenvalue weighted by atomic mass is 10.1. The van der Waals surface area contributed by atoms with Crippen molar-refractivity contribution in [2.45, 2.75) is 77.6 Å². The number of carbonyl (C=O) groups is 1. The molecular formula is C15H27ClO. The standard InChI is InChI=1S/C15H27ClO/c1-2-3-4-5-6-7-8-9-10-11-12-13-14-15(16)17/h13-14H,2-12H2,1H3. The van der Waals surface area contributed by atoms with Crippen LogP contribution in [0.15, 0.2) is 12.2 Å². The number of carbonyl (C=O) groups excluding carboxylic acids is 1. The molecule has 0 N–H and O–H groups in total. The third kappa shape index (κ3) is 15.7. The summed E-state index contributed by atoms with van der Waals surface area (Å²) in [5.41, 5.74) is 0. The van der Waals surface area contributed by atoms with Gasteiger partial charge in [0.25, 0.3) is 0 Å². The number of allylic oxidation sites excluding steroid dienone is 2. The Labute approximate surface area is 112 Å². The molecular weight excluding hydrogens is 232 g/mol. The van der Waals surface area contributed by atoms with Gasteiger partial charge in [0.1, 0.15) is 0 Å². The first-order valence-corrected chi connectivity index (χ1v) is 7.51. The molecule has 2 heteroatoms. The summed E-state index contributed by atoms with van der Waals surface area (Å²) in [5, 5.41) is -0.364. The minimum atomic E-state index is -0.364. The molecule has 0 amide bonds. The maximum Gasteiger partial charge on any atom is 0.244 e. The summed E-state index contributed by atoms with van der Waals surface area (Å²) < 4.78 is 0. The van der Waals surface area contributed by atoms with Crippen molar-refractivity contribution in [1.29, 1.82) is 0 Å². The van der Waals surface area contributed by atoms with Crippen molar-refractivity contribution in [3.8, 4) is 0 Å². The molecule has 17 heavy (non-hydrogen) atoms. The van der Waals surface area contributed by atoms with E-state index < -0.39 is 0 Å². The predicted octanol–water partition coefficient (Wildman–Crippen LogP) is 5.62. The predicted molar refractivity (Wildman–Crippen MR) is 76.5 cm³/mol. The van der Waals surface area contributed by atoms with Crippen LogP contribution in [0.3, 0.4) is 0 Å². The van der Waals surface area contributed by atoms with Gasteiger partial charge in [-0.1, -0.05) is 70.8 Å². The first kappa shape index (κ1) is 16.7. The number of halogens is 1. The van der Waals surface area contributed by atoms with E-state index in [1.54, 1.807) is 0 Å². The first-order chi connectivity index (χ1) is 8.27. The fraction of sp³-hybridized carbons (Fsp3) is 0.800. The van der Waals surface area contributed by atoms with Crippen molar-refractivity contribution >= 4 is 16.8 Å². The van der Waals surface area contributed by atoms with Crippen LogP contribution in [0.2, 0.25) is 0 Å². The lowest BCUT2D eigenvalue weighted by Gasteiger charge is -2.01. The Morgan fingerprint density at radius 3 is 1.82 bits per heavy atom. The van der Waals surface area contributed by atoms with Crippen LogP contribution in [-0.4, -0.2) is 5.24 Å². The van der Waals surface area contributed by atoms with E-state index in [-0.39, 0.29) is 5.24 Å². The van der Waals surface area contributed by atoms with Gasteiger partial charge in [0.15, 0.2) is 0 Å². The zero-order valence-corrected chi connectivity index (χ0v) is 12.0. The fourth-order valence-electron chi connectivity index (χ4n) is 1.93. The Bertz CT molecular complexity index is 199. The molecule has 0 atom stereocenters. The molecule has 0 bridgehead atoms. The summed E-state index contributed by atoms with van der Waals surface area (Å²) in [5.74, 6) is 0. The molecule has 0 saturated carbocycles. The normalized spacial score (nSPS) is 11.2. The van der Waals surface area contributed by atoms with Crippen LogP contribution in [0.4, 0.5) is 0 Å². The Morgan fingerprint density at radius 1 is 0.882 bits per heavy atom. The second-order valence-electron chi connectivity index (χ2n) is 4.68. The van der Waals surface area contributed by atoms with Gasteiger partial charge < -0.3 is 0 Å². The SMILES string of the molecule is CCCCCCCCCCCCC=CC(=O)Cl. The van der Waals surface area contributed by atoms with Crippen molar-refractivity contribution in [1.82, 2.24) is 0 Å². The summed E-state index contributed by atoms with van der Waals surface area (Å²) in [7, 11) is 0. The molecule has 0 aromatic heterocycles. The molecule has 0 radical (unpaired) electrons. The van der Waals surface area contributed by atoms with Gasteiger partial charge in [0, 0.05) is 0 Å². The van der Waals surface area contributed by atoms with Crippen molar-refractivity contribution in [3.63, 3.8) is 0 Å². The third-order valence-electron chi connectivity index (χ3n) is 2.97. The van der Waals surface area contributed by atoms with Gasteiger partial charge in [-0.3, -0.25) is 4.79 Å². The topological polar surface area (TPSA) is 17.1 Å². The minimum absolute atomic E-state index is 0.364. The first-order valence-electron chi connectivity index (χ1n) is 7.13. The summed E-state index contributed by atoms with van der Waals surface area (Å²) in [6.45, 7) is 2.26. The molecule has 1 nitrogen and oxygen atoms in total. The molecule has 0 spiro atoms.